The third kappa shape index (κ3) is 5.02. The first kappa shape index (κ1) is 20.4. The Morgan fingerprint density at radius 1 is 0.903 bits per heavy atom. The smallest absolute Gasteiger partial charge is 0.255 e. The third-order valence-corrected chi connectivity index (χ3v) is 5.00. The van der Waals surface area contributed by atoms with Gasteiger partial charge < -0.3 is 25.8 Å². The van der Waals surface area contributed by atoms with E-state index in [-0.39, 0.29) is 25.0 Å². The Balaban J connectivity index is 1.38. The summed E-state index contributed by atoms with van der Waals surface area (Å²) in [6, 6.07) is 20.1. The summed E-state index contributed by atoms with van der Waals surface area (Å²) >= 11 is 0. The van der Waals surface area contributed by atoms with E-state index in [4.69, 9.17) is 15.2 Å². The molecule has 1 aliphatic rings. The van der Waals surface area contributed by atoms with Crippen LogP contribution in [0.15, 0.2) is 66.7 Å². The van der Waals surface area contributed by atoms with E-state index in [0.29, 0.717) is 35.8 Å². The summed E-state index contributed by atoms with van der Waals surface area (Å²) in [5, 5.41) is 5.79. The van der Waals surface area contributed by atoms with Gasteiger partial charge in [-0.05, 0) is 41.0 Å². The number of hydrogen-bond donors (Lipinski definition) is 3. The molecule has 1 heterocycles. The van der Waals surface area contributed by atoms with Crippen molar-refractivity contribution in [2.45, 2.75) is 19.5 Å². The Hall–Kier alpha value is -3.84. The number of benzene rings is 3. The molecule has 4 N–H and O–H groups in total. The van der Waals surface area contributed by atoms with E-state index in [2.05, 4.69) is 10.6 Å². The lowest BCUT2D eigenvalue weighted by molar-refractivity contribution is -0.120. The standard InChI is InChI=1S/C24H23N3O4/c25-13-16-5-7-17(8-6-16)14-26-23(28)12-18-3-1-2-4-20(18)27-24(29)19-9-10-21-22(11-19)31-15-30-21/h1-11H,12-15,25H2,(H,26,28)(H,27,29). The summed E-state index contributed by atoms with van der Waals surface area (Å²) in [5.74, 6) is 0.741. The van der Waals surface area contributed by atoms with Crippen LogP contribution in [0.5, 0.6) is 11.5 Å². The number of hydrogen-bond acceptors (Lipinski definition) is 5. The number of rotatable bonds is 7. The summed E-state index contributed by atoms with van der Waals surface area (Å²) in [4.78, 5) is 25.2. The second kappa shape index (κ2) is 9.32. The minimum Gasteiger partial charge on any atom is -0.454 e. The van der Waals surface area contributed by atoms with E-state index >= 15 is 0 Å². The number of carbonyl (C=O) groups excluding carboxylic acids is 2. The molecule has 4 rings (SSSR count). The van der Waals surface area contributed by atoms with Crippen LogP contribution in [0.4, 0.5) is 5.69 Å². The van der Waals surface area contributed by atoms with Gasteiger partial charge in [0, 0.05) is 24.3 Å². The highest BCUT2D eigenvalue weighted by molar-refractivity contribution is 6.05. The van der Waals surface area contributed by atoms with Crippen LogP contribution in [0, 0.1) is 0 Å². The Morgan fingerprint density at radius 2 is 1.65 bits per heavy atom. The van der Waals surface area contributed by atoms with Crippen LogP contribution >= 0.6 is 0 Å². The molecule has 0 spiro atoms. The van der Waals surface area contributed by atoms with Crippen molar-refractivity contribution >= 4 is 17.5 Å². The van der Waals surface area contributed by atoms with Gasteiger partial charge in [-0.1, -0.05) is 42.5 Å². The molecule has 0 fully saturated rings. The summed E-state index contributed by atoms with van der Waals surface area (Å²) < 4.78 is 10.6. The Bertz CT molecular complexity index is 1100. The highest BCUT2D eigenvalue weighted by Gasteiger charge is 2.17. The lowest BCUT2D eigenvalue weighted by Crippen LogP contribution is -2.25. The summed E-state index contributed by atoms with van der Waals surface area (Å²) in [6.45, 7) is 1.06. The number of fused-ring (bicyclic) bond motifs is 1. The fourth-order valence-electron chi connectivity index (χ4n) is 3.26. The van der Waals surface area contributed by atoms with Crippen molar-refractivity contribution in [2.75, 3.05) is 12.1 Å². The van der Waals surface area contributed by atoms with Crippen molar-refractivity contribution in [2.24, 2.45) is 5.73 Å². The highest BCUT2D eigenvalue weighted by atomic mass is 16.7. The van der Waals surface area contributed by atoms with Gasteiger partial charge in [0.2, 0.25) is 12.7 Å². The van der Waals surface area contributed by atoms with Gasteiger partial charge in [-0.2, -0.15) is 0 Å². The van der Waals surface area contributed by atoms with Crippen LogP contribution in [-0.4, -0.2) is 18.6 Å². The Labute approximate surface area is 180 Å². The van der Waals surface area contributed by atoms with E-state index in [1.54, 1.807) is 24.3 Å². The van der Waals surface area contributed by atoms with E-state index in [9.17, 15) is 9.59 Å². The maximum absolute atomic E-state index is 12.7. The van der Waals surface area contributed by atoms with Gasteiger partial charge in [0.05, 0.1) is 6.42 Å². The average molecular weight is 417 g/mol. The maximum Gasteiger partial charge on any atom is 0.255 e. The van der Waals surface area contributed by atoms with Gasteiger partial charge >= 0.3 is 0 Å². The number of carbonyl (C=O) groups is 2. The van der Waals surface area contributed by atoms with E-state index in [1.165, 1.54) is 0 Å². The minimum atomic E-state index is -0.286. The van der Waals surface area contributed by atoms with Crippen LogP contribution in [0.25, 0.3) is 0 Å². The monoisotopic (exact) mass is 417 g/mol. The molecule has 3 aromatic carbocycles. The zero-order chi connectivity index (χ0) is 21.6. The second-order valence-electron chi connectivity index (χ2n) is 7.15. The lowest BCUT2D eigenvalue weighted by Gasteiger charge is -2.12. The third-order valence-electron chi connectivity index (χ3n) is 5.00. The van der Waals surface area contributed by atoms with E-state index in [0.717, 1.165) is 16.7 Å². The van der Waals surface area contributed by atoms with Gasteiger partial charge in [0.1, 0.15) is 0 Å². The quantitative estimate of drug-likeness (QED) is 0.548. The summed E-state index contributed by atoms with van der Waals surface area (Å²) in [5.41, 5.74) is 9.41. The molecule has 0 bridgehead atoms. The van der Waals surface area contributed by atoms with E-state index in [1.807, 2.05) is 42.5 Å². The van der Waals surface area contributed by atoms with Crippen molar-refractivity contribution in [1.29, 1.82) is 0 Å². The zero-order valence-electron chi connectivity index (χ0n) is 16.9. The molecule has 158 valence electrons. The van der Waals surface area contributed by atoms with Crippen molar-refractivity contribution in [3.8, 4) is 11.5 Å². The molecule has 0 saturated carbocycles. The fourth-order valence-corrected chi connectivity index (χ4v) is 3.26. The van der Waals surface area contributed by atoms with Crippen molar-refractivity contribution in [1.82, 2.24) is 5.32 Å². The van der Waals surface area contributed by atoms with Crippen LogP contribution < -0.4 is 25.8 Å². The van der Waals surface area contributed by atoms with Crippen molar-refractivity contribution < 1.29 is 19.1 Å². The first-order chi connectivity index (χ1) is 15.1. The largest absolute Gasteiger partial charge is 0.454 e. The molecule has 0 radical (unpaired) electrons. The molecule has 0 saturated heterocycles. The first-order valence-electron chi connectivity index (χ1n) is 9.96. The molecule has 0 atom stereocenters. The van der Waals surface area contributed by atoms with Crippen molar-refractivity contribution in [3.63, 3.8) is 0 Å². The van der Waals surface area contributed by atoms with Crippen LogP contribution in [0.3, 0.4) is 0 Å². The van der Waals surface area contributed by atoms with Crippen LogP contribution in [-0.2, 0) is 24.3 Å². The van der Waals surface area contributed by atoms with Gasteiger partial charge in [-0.25, -0.2) is 0 Å². The Kier molecular flexibility index (Phi) is 6.14. The second-order valence-corrected chi connectivity index (χ2v) is 7.15. The number of ether oxygens (including phenoxy) is 2. The molecule has 7 nitrogen and oxygen atoms in total. The molecule has 31 heavy (non-hydrogen) atoms. The topological polar surface area (TPSA) is 103 Å². The summed E-state index contributed by atoms with van der Waals surface area (Å²) in [7, 11) is 0. The van der Waals surface area contributed by atoms with Gasteiger partial charge in [-0.15, -0.1) is 0 Å². The molecule has 2 amide bonds. The molecular weight excluding hydrogens is 394 g/mol. The molecule has 3 aromatic rings. The van der Waals surface area contributed by atoms with Crippen LogP contribution in [0.1, 0.15) is 27.0 Å². The summed E-state index contributed by atoms with van der Waals surface area (Å²) in [6.07, 6.45) is 0.151. The SMILES string of the molecule is NCc1ccc(CNC(=O)Cc2ccccc2NC(=O)c2ccc3c(c2)OCO3)cc1. The minimum absolute atomic E-state index is 0.132. The number of amides is 2. The molecule has 0 aromatic heterocycles. The van der Waals surface area contributed by atoms with Gasteiger partial charge in [-0.3, -0.25) is 9.59 Å². The fraction of sp³-hybridized carbons (Fsp3) is 0.167. The normalized spacial score (nSPS) is 11.8. The predicted molar refractivity (Wildman–Crippen MR) is 117 cm³/mol. The van der Waals surface area contributed by atoms with Gasteiger partial charge in [0.25, 0.3) is 5.91 Å². The number of nitrogens with two attached hydrogens (primary N) is 1. The van der Waals surface area contributed by atoms with Crippen molar-refractivity contribution in [3.05, 3.63) is 89.0 Å². The first-order valence-corrected chi connectivity index (χ1v) is 9.96. The molecule has 0 unspecified atom stereocenters. The predicted octanol–water partition coefficient (Wildman–Crippen LogP) is 2.99. The highest BCUT2D eigenvalue weighted by Crippen LogP contribution is 2.32. The zero-order valence-corrected chi connectivity index (χ0v) is 16.9. The van der Waals surface area contributed by atoms with Crippen LogP contribution in [0.2, 0.25) is 0 Å². The molecule has 7 heteroatoms. The average Bonchev–Trinajstić information content (AvgIpc) is 3.27. The molecule has 1 aliphatic heterocycles. The number of anilines is 1. The molecular formula is C24H23N3O4. The molecule has 0 aliphatic carbocycles. The number of para-hydroxylation sites is 1. The Morgan fingerprint density at radius 3 is 2.45 bits per heavy atom. The van der Waals surface area contributed by atoms with Gasteiger partial charge in [0.15, 0.2) is 11.5 Å². The number of nitrogens with one attached hydrogen (secondary N) is 2. The maximum atomic E-state index is 12.7. The van der Waals surface area contributed by atoms with E-state index < -0.39 is 0 Å². The lowest BCUT2D eigenvalue weighted by atomic mass is 10.1.